The molecule has 0 unspecified atom stereocenters. The molecule has 2 amide bonds. The Bertz CT molecular complexity index is 716. The lowest BCUT2D eigenvalue weighted by Gasteiger charge is -2.36. The van der Waals surface area contributed by atoms with E-state index in [2.05, 4.69) is 5.32 Å². The van der Waals surface area contributed by atoms with Crippen molar-refractivity contribution in [2.75, 3.05) is 32.2 Å². The maximum Gasteiger partial charge on any atom is 0.234 e. The van der Waals surface area contributed by atoms with E-state index >= 15 is 0 Å². The lowest BCUT2D eigenvalue weighted by molar-refractivity contribution is -0.141. The smallest absolute Gasteiger partial charge is 0.234 e. The Morgan fingerprint density at radius 3 is 2.33 bits per heavy atom. The molecule has 8 heteroatoms. The molecule has 2 aliphatic rings. The van der Waals surface area contributed by atoms with Gasteiger partial charge < -0.3 is 14.4 Å². The number of hydrogen-bond acceptors (Lipinski definition) is 5. The van der Waals surface area contributed by atoms with E-state index in [4.69, 9.17) is 9.47 Å². The molecular weight excluding hydrogens is 358 g/mol. The number of nitrogens with zero attached hydrogens (tertiary/aromatic N) is 1. The molecule has 2 heterocycles. The summed E-state index contributed by atoms with van der Waals surface area (Å²) in [6.07, 6.45) is 1.47. The van der Waals surface area contributed by atoms with Crippen molar-refractivity contribution in [1.82, 2.24) is 5.32 Å². The van der Waals surface area contributed by atoms with Crippen LogP contribution in [-0.2, 0) is 19.1 Å². The fraction of sp³-hybridized carbons (Fsp3) is 0.579. The molecule has 0 aliphatic carbocycles. The number of imide groups is 1. The molecule has 1 aromatic carbocycles. The van der Waals surface area contributed by atoms with Crippen LogP contribution in [0.3, 0.4) is 0 Å². The van der Waals surface area contributed by atoms with Gasteiger partial charge in [-0.2, -0.15) is 0 Å². The molecule has 0 spiro atoms. The average molecular weight is 382 g/mol. The highest BCUT2D eigenvalue weighted by Gasteiger charge is 2.33. The molecule has 27 heavy (non-hydrogen) atoms. The van der Waals surface area contributed by atoms with Crippen molar-refractivity contribution in [3.63, 3.8) is 0 Å². The number of methoxy groups -OCH3 is 2. The number of amides is 2. The molecule has 0 radical (unpaired) electrons. The molecule has 2 aliphatic heterocycles. The van der Waals surface area contributed by atoms with Crippen LogP contribution in [0, 0.1) is 17.6 Å². The van der Waals surface area contributed by atoms with Crippen LogP contribution in [0.2, 0.25) is 0 Å². The van der Waals surface area contributed by atoms with Crippen molar-refractivity contribution >= 4 is 17.5 Å². The van der Waals surface area contributed by atoms with Gasteiger partial charge in [0.15, 0.2) is 17.9 Å². The second-order valence-electron chi connectivity index (χ2n) is 6.97. The maximum absolute atomic E-state index is 14.7. The summed E-state index contributed by atoms with van der Waals surface area (Å²) in [6, 6.07) is 2.97. The molecule has 2 fully saturated rings. The molecule has 0 bridgehead atoms. The SMILES string of the molecule is COC(OC)C1CCN(c2ccc([C@H]3CCC(=O)NC3=O)c(F)c2F)CC1. The minimum atomic E-state index is -1.02. The van der Waals surface area contributed by atoms with E-state index in [-0.39, 0.29) is 42.2 Å². The highest BCUT2D eigenvalue weighted by atomic mass is 19.2. The molecule has 2 saturated heterocycles. The average Bonchev–Trinajstić information content (AvgIpc) is 2.66. The lowest BCUT2D eigenvalue weighted by Crippen LogP contribution is -2.40. The number of anilines is 1. The van der Waals surface area contributed by atoms with Crippen molar-refractivity contribution in [1.29, 1.82) is 0 Å². The Morgan fingerprint density at radius 1 is 1.07 bits per heavy atom. The van der Waals surface area contributed by atoms with Gasteiger partial charge in [0.05, 0.1) is 11.6 Å². The van der Waals surface area contributed by atoms with Crippen LogP contribution in [0.1, 0.15) is 37.2 Å². The standard InChI is InChI=1S/C19H24F2N2O4/c1-26-19(27-2)11-7-9-23(10-8-11)14-5-3-12(16(20)17(14)21)13-4-6-15(24)22-18(13)25/h3,5,11,13,19H,4,6-10H2,1-2H3,(H,22,24,25)/t13-/m1/s1. The minimum absolute atomic E-state index is 0.00466. The second-order valence-corrected chi connectivity index (χ2v) is 6.97. The van der Waals surface area contributed by atoms with E-state index in [1.165, 1.54) is 12.1 Å². The predicted octanol–water partition coefficient (Wildman–Crippen LogP) is 2.32. The summed E-state index contributed by atoms with van der Waals surface area (Å²) in [5.74, 6) is -3.58. The Morgan fingerprint density at radius 2 is 1.74 bits per heavy atom. The highest BCUT2D eigenvalue weighted by molar-refractivity contribution is 6.01. The van der Waals surface area contributed by atoms with Crippen molar-refractivity contribution in [3.8, 4) is 0 Å². The van der Waals surface area contributed by atoms with Crippen molar-refractivity contribution < 1.29 is 27.8 Å². The van der Waals surface area contributed by atoms with Gasteiger partial charge in [0, 0.05) is 45.2 Å². The number of nitrogens with one attached hydrogen (secondary N) is 1. The molecule has 6 nitrogen and oxygen atoms in total. The third-order valence-electron chi connectivity index (χ3n) is 5.44. The molecule has 1 aromatic rings. The highest BCUT2D eigenvalue weighted by Crippen LogP contribution is 2.34. The third-order valence-corrected chi connectivity index (χ3v) is 5.44. The zero-order chi connectivity index (χ0) is 19.6. The van der Waals surface area contributed by atoms with E-state index < -0.39 is 23.5 Å². The zero-order valence-corrected chi connectivity index (χ0v) is 15.5. The first kappa shape index (κ1) is 19.7. The minimum Gasteiger partial charge on any atom is -0.369 e. The number of halogens is 2. The number of benzene rings is 1. The summed E-state index contributed by atoms with van der Waals surface area (Å²) in [6.45, 7) is 1.12. The third kappa shape index (κ3) is 3.96. The van der Waals surface area contributed by atoms with Crippen LogP contribution in [0.4, 0.5) is 14.5 Å². The maximum atomic E-state index is 14.7. The topological polar surface area (TPSA) is 67.9 Å². The Labute approximate surface area is 156 Å². The first-order chi connectivity index (χ1) is 13.0. The summed E-state index contributed by atoms with van der Waals surface area (Å²) in [5.41, 5.74) is 0.184. The summed E-state index contributed by atoms with van der Waals surface area (Å²) in [4.78, 5) is 25.0. The quantitative estimate of drug-likeness (QED) is 0.625. The Hall–Kier alpha value is -2.06. The van der Waals surface area contributed by atoms with Crippen LogP contribution < -0.4 is 10.2 Å². The van der Waals surface area contributed by atoms with Crippen LogP contribution >= 0.6 is 0 Å². The van der Waals surface area contributed by atoms with E-state index in [1.54, 1.807) is 19.1 Å². The van der Waals surface area contributed by atoms with Crippen molar-refractivity contribution in [3.05, 3.63) is 29.3 Å². The lowest BCUT2D eigenvalue weighted by atomic mass is 9.89. The molecule has 148 valence electrons. The fourth-order valence-corrected chi connectivity index (χ4v) is 3.95. The zero-order valence-electron chi connectivity index (χ0n) is 15.5. The van der Waals surface area contributed by atoms with Crippen LogP contribution in [0.5, 0.6) is 0 Å². The number of carbonyl (C=O) groups excluding carboxylic acids is 2. The summed E-state index contributed by atoms with van der Waals surface area (Å²) in [7, 11) is 3.17. The van der Waals surface area contributed by atoms with Gasteiger partial charge in [0.2, 0.25) is 11.8 Å². The summed E-state index contributed by atoms with van der Waals surface area (Å²) >= 11 is 0. The van der Waals surface area contributed by atoms with Crippen LogP contribution in [0.15, 0.2) is 12.1 Å². The predicted molar refractivity (Wildman–Crippen MR) is 94.2 cm³/mol. The van der Waals surface area contributed by atoms with Gasteiger partial charge in [-0.3, -0.25) is 14.9 Å². The number of rotatable bonds is 5. The van der Waals surface area contributed by atoms with Gasteiger partial charge >= 0.3 is 0 Å². The van der Waals surface area contributed by atoms with Crippen LogP contribution in [0.25, 0.3) is 0 Å². The largest absolute Gasteiger partial charge is 0.369 e. The van der Waals surface area contributed by atoms with E-state index in [0.29, 0.717) is 13.1 Å². The Balaban J connectivity index is 1.74. The molecule has 3 rings (SSSR count). The van der Waals surface area contributed by atoms with Gasteiger partial charge in [0.25, 0.3) is 0 Å². The van der Waals surface area contributed by atoms with Gasteiger partial charge in [-0.25, -0.2) is 8.78 Å². The van der Waals surface area contributed by atoms with Gasteiger partial charge in [-0.15, -0.1) is 0 Å². The number of piperidine rings is 2. The fourth-order valence-electron chi connectivity index (χ4n) is 3.95. The summed E-state index contributed by atoms with van der Waals surface area (Å²) < 4.78 is 40.0. The van der Waals surface area contributed by atoms with Crippen molar-refractivity contribution in [2.45, 2.75) is 37.9 Å². The van der Waals surface area contributed by atoms with E-state index in [1.807, 2.05) is 0 Å². The second kappa shape index (κ2) is 8.31. The van der Waals surface area contributed by atoms with Gasteiger partial charge in [-0.05, 0) is 25.3 Å². The van der Waals surface area contributed by atoms with Crippen LogP contribution in [-0.4, -0.2) is 45.4 Å². The first-order valence-electron chi connectivity index (χ1n) is 9.08. The Kier molecular flexibility index (Phi) is 6.06. The number of carbonyl (C=O) groups is 2. The number of hydrogen-bond donors (Lipinski definition) is 1. The molecule has 0 saturated carbocycles. The first-order valence-corrected chi connectivity index (χ1v) is 9.08. The van der Waals surface area contributed by atoms with E-state index in [9.17, 15) is 18.4 Å². The monoisotopic (exact) mass is 382 g/mol. The van der Waals surface area contributed by atoms with Crippen molar-refractivity contribution in [2.24, 2.45) is 5.92 Å². The molecule has 1 atom stereocenters. The van der Waals surface area contributed by atoms with Gasteiger partial charge in [-0.1, -0.05) is 6.07 Å². The van der Waals surface area contributed by atoms with Gasteiger partial charge in [0.1, 0.15) is 0 Å². The number of ether oxygens (including phenoxy) is 2. The summed E-state index contributed by atoms with van der Waals surface area (Å²) in [5, 5.41) is 2.18. The molecule has 0 aromatic heterocycles. The molecule has 1 N–H and O–H groups in total. The normalized spacial score (nSPS) is 21.7. The molecular formula is C19H24F2N2O4. The van der Waals surface area contributed by atoms with E-state index in [0.717, 1.165) is 12.8 Å².